The lowest BCUT2D eigenvalue weighted by atomic mass is 10.2. The van der Waals surface area contributed by atoms with Crippen molar-refractivity contribution in [3.05, 3.63) is 69.2 Å². The topological polar surface area (TPSA) is 56.0 Å². The Morgan fingerprint density at radius 2 is 1.95 bits per heavy atom. The fraction of sp³-hybridized carbons (Fsp3) is 0. The highest BCUT2D eigenvalue weighted by atomic mass is 32.1. The SMILES string of the molecule is O=[N+]([O-])c1cccc(/C=C/c2nc3ccccc3s2)c1. The van der Waals surface area contributed by atoms with E-state index in [0.29, 0.717) is 0 Å². The van der Waals surface area contributed by atoms with Crippen LogP contribution in [0.15, 0.2) is 48.5 Å². The number of rotatable bonds is 3. The number of fused-ring (bicyclic) bond motifs is 1. The molecule has 0 atom stereocenters. The van der Waals surface area contributed by atoms with Crippen LogP contribution in [0, 0.1) is 10.1 Å². The molecule has 0 radical (unpaired) electrons. The predicted molar refractivity (Wildman–Crippen MR) is 81.6 cm³/mol. The first-order chi connectivity index (χ1) is 9.72. The number of non-ortho nitro benzene ring substituents is 1. The summed E-state index contributed by atoms with van der Waals surface area (Å²) in [6, 6.07) is 14.5. The number of para-hydroxylation sites is 1. The number of nitrogens with zero attached hydrogens (tertiary/aromatic N) is 2. The second-order valence-electron chi connectivity index (χ2n) is 4.21. The molecular weight excluding hydrogens is 272 g/mol. The van der Waals surface area contributed by atoms with Gasteiger partial charge in [-0.15, -0.1) is 11.3 Å². The average molecular weight is 282 g/mol. The summed E-state index contributed by atoms with van der Waals surface area (Å²) in [4.78, 5) is 14.8. The summed E-state index contributed by atoms with van der Waals surface area (Å²) >= 11 is 1.60. The maximum absolute atomic E-state index is 10.7. The third-order valence-electron chi connectivity index (χ3n) is 2.81. The standard InChI is InChI=1S/C15H10N2O2S/c18-17(19)12-5-3-4-11(10-12)8-9-15-16-13-6-1-2-7-14(13)20-15/h1-10H/b9-8+. The van der Waals surface area contributed by atoms with Crippen LogP contribution in [-0.4, -0.2) is 9.91 Å². The first-order valence-corrected chi connectivity index (χ1v) is 6.82. The van der Waals surface area contributed by atoms with Crippen LogP contribution in [0.5, 0.6) is 0 Å². The number of nitro groups is 1. The molecule has 0 saturated heterocycles. The molecule has 0 fully saturated rings. The summed E-state index contributed by atoms with van der Waals surface area (Å²) in [5.74, 6) is 0. The van der Waals surface area contributed by atoms with E-state index in [4.69, 9.17) is 0 Å². The highest BCUT2D eigenvalue weighted by molar-refractivity contribution is 7.19. The van der Waals surface area contributed by atoms with E-state index >= 15 is 0 Å². The van der Waals surface area contributed by atoms with Crippen molar-refractivity contribution in [2.75, 3.05) is 0 Å². The van der Waals surface area contributed by atoms with Gasteiger partial charge >= 0.3 is 0 Å². The molecule has 98 valence electrons. The number of nitro benzene ring substituents is 1. The molecule has 0 bridgehead atoms. The highest BCUT2D eigenvalue weighted by Crippen LogP contribution is 2.23. The summed E-state index contributed by atoms with van der Waals surface area (Å²) in [6.07, 6.45) is 3.72. The summed E-state index contributed by atoms with van der Waals surface area (Å²) in [6.45, 7) is 0. The van der Waals surface area contributed by atoms with Crippen molar-refractivity contribution < 1.29 is 4.92 Å². The second kappa shape index (κ2) is 5.22. The molecule has 1 aromatic heterocycles. The van der Waals surface area contributed by atoms with Gasteiger partial charge in [-0.2, -0.15) is 0 Å². The lowest BCUT2D eigenvalue weighted by molar-refractivity contribution is -0.384. The van der Waals surface area contributed by atoms with Crippen LogP contribution >= 0.6 is 11.3 Å². The Morgan fingerprint density at radius 3 is 2.75 bits per heavy atom. The third kappa shape index (κ3) is 2.57. The van der Waals surface area contributed by atoms with E-state index in [-0.39, 0.29) is 5.69 Å². The lowest BCUT2D eigenvalue weighted by Crippen LogP contribution is -1.87. The van der Waals surface area contributed by atoms with Crippen molar-refractivity contribution in [1.29, 1.82) is 0 Å². The summed E-state index contributed by atoms with van der Waals surface area (Å²) < 4.78 is 1.13. The Kier molecular flexibility index (Phi) is 3.26. The molecule has 4 nitrogen and oxygen atoms in total. The molecule has 0 spiro atoms. The Bertz CT molecular complexity index is 775. The van der Waals surface area contributed by atoms with Crippen LogP contribution in [-0.2, 0) is 0 Å². The molecule has 3 aromatic rings. The fourth-order valence-corrected chi connectivity index (χ4v) is 2.74. The Hall–Kier alpha value is -2.53. The van der Waals surface area contributed by atoms with E-state index in [1.807, 2.05) is 42.5 Å². The summed E-state index contributed by atoms with van der Waals surface area (Å²) in [7, 11) is 0. The van der Waals surface area contributed by atoms with E-state index in [0.717, 1.165) is 20.8 Å². The van der Waals surface area contributed by atoms with E-state index in [1.165, 1.54) is 6.07 Å². The number of aromatic nitrogens is 1. The van der Waals surface area contributed by atoms with Gasteiger partial charge < -0.3 is 0 Å². The van der Waals surface area contributed by atoms with Crippen molar-refractivity contribution in [2.45, 2.75) is 0 Å². The molecule has 0 saturated carbocycles. The number of hydrogen-bond donors (Lipinski definition) is 0. The van der Waals surface area contributed by atoms with Crippen LogP contribution in [0.3, 0.4) is 0 Å². The van der Waals surface area contributed by atoms with Gasteiger partial charge in [0, 0.05) is 12.1 Å². The van der Waals surface area contributed by atoms with Gasteiger partial charge in [0.2, 0.25) is 0 Å². The van der Waals surface area contributed by atoms with Gasteiger partial charge in [-0.3, -0.25) is 10.1 Å². The van der Waals surface area contributed by atoms with Crippen molar-refractivity contribution >= 4 is 39.4 Å². The molecule has 3 rings (SSSR count). The van der Waals surface area contributed by atoms with Gasteiger partial charge in [-0.05, 0) is 23.8 Å². The molecule has 2 aromatic carbocycles. The van der Waals surface area contributed by atoms with Gasteiger partial charge in [0.25, 0.3) is 5.69 Å². The molecule has 5 heteroatoms. The van der Waals surface area contributed by atoms with Crippen LogP contribution < -0.4 is 0 Å². The van der Waals surface area contributed by atoms with Crippen molar-refractivity contribution in [1.82, 2.24) is 4.98 Å². The summed E-state index contributed by atoms with van der Waals surface area (Å²) in [5.41, 5.74) is 1.85. The Balaban J connectivity index is 1.89. The van der Waals surface area contributed by atoms with Gasteiger partial charge in [0.1, 0.15) is 5.01 Å². The predicted octanol–water partition coefficient (Wildman–Crippen LogP) is 4.37. The molecule has 0 amide bonds. The summed E-state index contributed by atoms with van der Waals surface area (Å²) in [5, 5.41) is 11.6. The van der Waals surface area contributed by atoms with Gasteiger partial charge in [0.05, 0.1) is 15.1 Å². The average Bonchev–Trinajstić information content (AvgIpc) is 2.88. The minimum absolute atomic E-state index is 0.0939. The second-order valence-corrected chi connectivity index (χ2v) is 5.27. The van der Waals surface area contributed by atoms with Crippen LogP contribution in [0.4, 0.5) is 5.69 Å². The van der Waals surface area contributed by atoms with E-state index in [1.54, 1.807) is 23.5 Å². The molecule has 0 aliphatic carbocycles. The van der Waals surface area contributed by atoms with E-state index in [2.05, 4.69) is 4.98 Å². The molecule has 0 unspecified atom stereocenters. The molecule has 20 heavy (non-hydrogen) atoms. The maximum Gasteiger partial charge on any atom is 0.270 e. The number of hydrogen-bond acceptors (Lipinski definition) is 4. The van der Waals surface area contributed by atoms with Gasteiger partial charge in [-0.1, -0.05) is 30.3 Å². The first-order valence-electron chi connectivity index (χ1n) is 6.00. The van der Waals surface area contributed by atoms with Gasteiger partial charge in [-0.25, -0.2) is 4.98 Å². The zero-order valence-corrected chi connectivity index (χ0v) is 11.2. The third-order valence-corrected chi connectivity index (χ3v) is 3.81. The van der Waals surface area contributed by atoms with Crippen LogP contribution in [0.25, 0.3) is 22.4 Å². The smallest absolute Gasteiger partial charge is 0.258 e. The molecule has 0 aliphatic heterocycles. The normalized spacial score (nSPS) is 11.2. The monoisotopic (exact) mass is 282 g/mol. The zero-order chi connectivity index (χ0) is 13.9. The minimum atomic E-state index is -0.394. The quantitative estimate of drug-likeness (QED) is 0.529. The van der Waals surface area contributed by atoms with Crippen LogP contribution in [0.2, 0.25) is 0 Å². The van der Waals surface area contributed by atoms with E-state index in [9.17, 15) is 10.1 Å². The lowest BCUT2D eigenvalue weighted by Gasteiger charge is -1.93. The molecule has 0 N–H and O–H groups in total. The van der Waals surface area contributed by atoms with E-state index < -0.39 is 4.92 Å². The Labute approximate surface area is 119 Å². The van der Waals surface area contributed by atoms with Gasteiger partial charge in [0.15, 0.2) is 0 Å². The first kappa shape index (κ1) is 12.5. The minimum Gasteiger partial charge on any atom is -0.258 e. The van der Waals surface area contributed by atoms with Crippen molar-refractivity contribution in [2.24, 2.45) is 0 Å². The molecule has 0 aliphatic rings. The maximum atomic E-state index is 10.7. The van der Waals surface area contributed by atoms with Crippen molar-refractivity contribution in [3.8, 4) is 0 Å². The van der Waals surface area contributed by atoms with Crippen LogP contribution in [0.1, 0.15) is 10.6 Å². The largest absolute Gasteiger partial charge is 0.270 e. The fourth-order valence-electron chi connectivity index (χ4n) is 1.87. The molecule has 1 heterocycles. The highest BCUT2D eigenvalue weighted by Gasteiger charge is 2.04. The number of benzene rings is 2. The number of thiazole rings is 1. The Morgan fingerprint density at radius 1 is 1.10 bits per heavy atom. The van der Waals surface area contributed by atoms with Crippen molar-refractivity contribution in [3.63, 3.8) is 0 Å². The zero-order valence-electron chi connectivity index (χ0n) is 10.4. The molecular formula is C15H10N2O2S.